The molecule has 0 radical (unpaired) electrons. The van der Waals surface area contributed by atoms with Crippen molar-refractivity contribution in [3.8, 4) is 11.5 Å². The Hall–Kier alpha value is -1.95. The molecule has 6 heteroatoms. The zero-order valence-corrected chi connectivity index (χ0v) is 14.2. The highest BCUT2D eigenvalue weighted by Crippen LogP contribution is 2.28. The number of guanidine groups is 1. The third-order valence-electron chi connectivity index (χ3n) is 4.03. The number of hydrogen-bond acceptors (Lipinski definition) is 4. The van der Waals surface area contributed by atoms with Crippen LogP contribution in [0.15, 0.2) is 23.2 Å². The summed E-state index contributed by atoms with van der Waals surface area (Å²) in [6.45, 7) is 4.41. The Morgan fingerprint density at radius 3 is 2.70 bits per heavy atom. The lowest BCUT2D eigenvalue weighted by molar-refractivity contribution is 0.331. The van der Waals surface area contributed by atoms with Gasteiger partial charge >= 0.3 is 0 Å². The summed E-state index contributed by atoms with van der Waals surface area (Å²) in [7, 11) is 3.25. The van der Waals surface area contributed by atoms with E-state index >= 15 is 0 Å². The normalized spacial score (nSPS) is 15.7. The van der Waals surface area contributed by atoms with Gasteiger partial charge in [-0.15, -0.1) is 0 Å². The molecule has 128 valence electrons. The van der Waals surface area contributed by atoms with Crippen molar-refractivity contribution >= 4 is 11.6 Å². The highest BCUT2D eigenvalue weighted by molar-refractivity contribution is 5.93. The molecule has 0 aromatic heterocycles. The quantitative estimate of drug-likeness (QED) is 0.437. The van der Waals surface area contributed by atoms with Gasteiger partial charge in [0.25, 0.3) is 0 Å². The molecule has 1 aliphatic heterocycles. The average molecular weight is 320 g/mol. The SMILES string of the molecule is COc1ccc(OC)c(NC(N)=NCCCCN2CCCC2)c1. The summed E-state index contributed by atoms with van der Waals surface area (Å²) < 4.78 is 10.5. The predicted molar refractivity (Wildman–Crippen MR) is 94.6 cm³/mol. The van der Waals surface area contributed by atoms with Gasteiger partial charge in [0.15, 0.2) is 5.96 Å². The van der Waals surface area contributed by atoms with Gasteiger partial charge in [-0.1, -0.05) is 0 Å². The molecular formula is C17H28N4O2. The van der Waals surface area contributed by atoms with Crippen LogP contribution >= 0.6 is 0 Å². The minimum atomic E-state index is 0.401. The number of aliphatic imine (C=N–C) groups is 1. The smallest absolute Gasteiger partial charge is 0.193 e. The predicted octanol–water partition coefficient (Wildman–Crippen LogP) is 2.31. The summed E-state index contributed by atoms with van der Waals surface area (Å²) in [6.07, 6.45) is 4.90. The van der Waals surface area contributed by atoms with Crippen LogP contribution in [-0.4, -0.2) is 51.3 Å². The molecule has 1 aliphatic rings. The van der Waals surface area contributed by atoms with E-state index in [1.165, 1.54) is 38.9 Å². The fourth-order valence-corrected chi connectivity index (χ4v) is 2.74. The van der Waals surface area contributed by atoms with Crippen LogP contribution in [0.3, 0.4) is 0 Å². The van der Waals surface area contributed by atoms with Crippen molar-refractivity contribution in [2.75, 3.05) is 45.7 Å². The van der Waals surface area contributed by atoms with Crippen molar-refractivity contribution in [3.05, 3.63) is 18.2 Å². The van der Waals surface area contributed by atoms with Crippen LogP contribution in [0.5, 0.6) is 11.5 Å². The molecule has 0 spiro atoms. The molecule has 1 aromatic carbocycles. The van der Waals surface area contributed by atoms with E-state index in [0.717, 1.165) is 24.4 Å². The molecule has 0 saturated carbocycles. The Kier molecular flexibility index (Phi) is 7.00. The van der Waals surface area contributed by atoms with Crippen LogP contribution in [0.2, 0.25) is 0 Å². The summed E-state index contributed by atoms with van der Waals surface area (Å²) in [5, 5.41) is 3.08. The zero-order chi connectivity index (χ0) is 16.5. The number of unbranched alkanes of at least 4 members (excludes halogenated alkanes) is 1. The van der Waals surface area contributed by atoms with Crippen LogP contribution in [0.1, 0.15) is 25.7 Å². The molecule has 0 bridgehead atoms. The molecule has 1 heterocycles. The van der Waals surface area contributed by atoms with E-state index in [-0.39, 0.29) is 0 Å². The van der Waals surface area contributed by atoms with E-state index in [2.05, 4.69) is 15.2 Å². The van der Waals surface area contributed by atoms with Crippen molar-refractivity contribution in [2.45, 2.75) is 25.7 Å². The fourth-order valence-electron chi connectivity index (χ4n) is 2.74. The van der Waals surface area contributed by atoms with E-state index in [0.29, 0.717) is 11.7 Å². The fraction of sp³-hybridized carbons (Fsp3) is 0.588. The number of nitrogens with zero attached hydrogens (tertiary/aromatic N) is 2. The minimum Gasteiger partial charge on any atom is -0.497 e. The number of benzene rings is 1. The first-order chi connectivity index (χ1) is 11.2. The van der Waals surface area contributed by atoms with Gasteiger partial charge in [0, 0.05) is 12.6 Å². The second-order valence-corrected chi connectivity index (χ2v) is 5.71. The van der Waals surface area contributed by atoms with E-state index in [1.807, 2.05) is 18.2 Å². The van der Waals surface area contributed by atoms with Gasteiger partial charge in [-0.25, -0.2) is 0 Å². The van der Waals surface area contributed by atoms with E-state index in [4.69, 9.17) is 15.2 Å². The molecule has 1 aromatic rings. The number of ether oxygens (including phenoxy) is 2. The Labute approximate surface area is 138 Å². The second kappa shape index (κ2) is 9.25. The Morgan fingerprint density at radius 2 is 2.00 bits per heavy atom. The third-order valence-corrected chi connectivity index (χ3v) is 4.03. The molecule has 0 atom stereocenters. The topological polar surface area (TPSA) is 72.1 Å². The minimum absolute atomic E-state index is 0.401. The van der Waals surface area contributed by atoms with Crippen molar-refractivity contribution in [1.29, 1.82) is 0 Å². The number of nitrogens with one attached hydrogen (secondary N) is 1. The highest BCUT2D eigenvalue weighted by atomic mass is 16.5. The second-order valence-electron chi connectivity index (χ2n) is 5.71. The molecule has 0 aliphatic carbocycles. The number of hydrogen-bond donors (Lipinski definition) is 2. The lowest BCUT2D eigenvalue weighted by atomic mass is 10.2. The Morgan fingerprint density at radius 1 is 1.22 bits per heavy atom. The summed E-state index contributed by atoms with van der Waals surface area (Å²) in [6, 6.07) is 5.52. The molecule has 6 nitrogen and oxygen atoms in total. The van der Waals surface area contributed by atoms with Crippen molar-refractivity contribution in [1.82, 2.24) is 4.90 Å². The first-order valence-corrected chi connectivity index (χ1v) is 8.24. The van der Waals surface area contributed by atoms with Crippen LogP contribution < -0.4 is 20.5 Å². The first-order valence-electron chi connectivity index (χ1n) is 8.24. The standard InChI is InChI=1S/C17H28N4O2/c1-22-14-7-8-16(23-2)15(13-14)20-17(18)19-9-3-4-10-21-11-5-6-12-21/h7-8,13H,3-6,9-12H2,1-2H3,(H3,18,19,20). The summed E-state index contributed by atoms with van der Waals surface area (Å²) in [5.74, 6) is 1.85. The van der Waals surface area contributed by atoms with Crippen LogP contribution in [0.4, 0.5) is 5.69 Å². The maximum absolute atomic E-state index is 5.96. The van der Waals surface area contributed by atoms with E-state index in [9.17, 15) is 0 Å². The van der Waals surface area contributed by atoms with Crippen LogP contribution in [-0.2, 0) is 0 Å². The number of nitrogens with two attached hydrogens (primary N) is 1. The van der Waals surface area contributed by atoms with Gasteiger partial charge in [0.05, 0.1) is 19.9 Å². The largest absolute Gasteiger partial charge is 0.497 e. The zero-order valence-electron chi connectivity index (χ0n) is 14.2. The van der Waals surface area contributed by atoms with Gasteiger partial charge in [0.1, 0.15) is 11.5 Å². The lowest BCUT2D eigenvalue weighted by Gasteiger charge is -2.13. The maximum atomic E-state index is 5.96. The van der Waals surface area contributed by atoms with E-state index < -0.39 is 0 Å². The molecule has 0 unspecified atom stereocenters. The molecule has 23 heavy (non-hydrogen) atoms. The summed E-state index contributed by atoms with van der Waals surface area (Å²) in [5.41, 5.74) is 6.71. The Bertz CT molecular complexity index is 513. The number of methoxy groups -OCH3 is 2. The van der Waals surface area contributed by atoms with Crippen molar-refractivity contribution in [3.63, 3.8) is 0 Å². The van der Waals surface area contributed by atoms with Gasteiger partial charge in [0.2, 0.25) is 0 Å². The summed E-state index contributed by atoms with van der Waals surface area (Å²) in [4.78, 5) is 6.90. The van der Waals surface area contributed by atoms with Crippen molar-refractivity contribution < 1.29 is 9.47 Å². The molecule has 1 saturated heterocycles. The van der Waals surface area contributed by atoms with Gasteiger partial charge in [-0.05, 0) is 57.5 Å². The Balaban J connectivity index is 1.77. The molecule has 3 N–H and O–H groups in total. The number of likely N-dealkylation sites (tertiary alicyclic amines) is 1. The van der Waals surface area contributed by atoms with Crippen molar-refractivity contribution in [2.24, 2.45) is 10.7 Å². The maximum Gasteiger partial charge on any atom is 0.193 e. The molecular weight excluding hydrogens is 292 g/mol. The van der Waals surface area contributed by atoms with Gasteiger partial charge in [-0.2, -0.15) is 0 Å². The third kappa shape index (κ3) is 5.63. The highest BCUT2D eigenvalue weighted by Gasteiger charge is 2.10. The number of anilines is 1. The molecule has 1 fully saturated rings. The summed E-state index contributed by atoms with van der Waals surface area (Å²) >= 11 is 0. The van der Waals surface area contributed by atoms with Gasteiger partial charge < -0.3 is 25.4 Å². The monoisotopic (exact) mass is 320 g/mol. The first kappa shape index (κ1) is 17.4. The number of rotatable bonds is 8. The van der Waals surface area contributed by atoms with Crippen LogP contribution in [0, 0.1) is 0 Å². The molecule has 2 rings (SSSR count). The van der Waals surface area contributed by atoms with Gasteiger partial charge in [-0.3, -0.25) is 4.99 Å². The van der Waals surface area contributed by atoms with Crippen LogP contribution in [0.25, 0.3) is 0 Å². The molecule has 0 amide bonds. The van der Waals surface area contributed by atoms with E-state index in [1.54, 1.807) is 14.2 Å². The average Bonchev–Trinajstić information content (AvgIpc) is 3.07. The lowest BCUT2D eigenvalue weighted by Crippen LogP contribution is -2.23.